The van der Waals surface area contributed by atoms with Crippen LogP contribution in [-0.4, -0.2) is 45.2 Å². The van der Waals surface area contributed by atoms with Crippen molar-refractivity contribution in [2.45, 2.75) is 13.0 Å². The summed E-state index contributed by atoms with van der Waals surface area (Å²) in [5.74, 6) is 0.233. The zero-order valence-electron chi connectivity index (χ0n) is 15.9. The largest absolute Gasteiger partial charge is 0.493 e. The molecule has 1 N–H and O–H groups in total. The Labute approximate surface area is 164 Å². The molecule has 1 unspecified atom stereocenters. The van der Waals surface area contributed by atoms with E-state index in [1.165, 1.54) is 19.2 Å². The van der Waals surface area contributed by atoms with Crippen LogP contribution in [0, 0.1) is 5.82 Å². The van der Waals surface area contributed by atoms with E-state index in [-0.39, 0.29) is 17.8 Å². The maximum atomic E-state index is 13.2. The van der Waals surface area contributed by atoms with Gasteiger partial charge in [-0.25, -0.2) is 4.39 Å². The zero-order valence-corrected chi connectivity index (χ0v) is 16.6. The zero-order chi connectivity index (χ0) is 20.0. The Hall–Kier alpha value is -2.31. The SMILES string of the molecule is CCOc1c(Cl)cc(C(=O)NCC(c2ccc(F)cc2)N(C)C)cc1OC. The van der Waals surface area contributed by atoms with Gasteiger partial charge in [-0.05, 0) is 50.8 Å². The summed E-state index contributed by atoms with van der Waals surface area (Å²) in [6, 6.07) is 9.28. The third kappa shape index (κ3) is 5.34. The quantitative estimate of drug-likeness (QED) is 0.737. The lowest BCUT2D eigenvalue weighted by Crippen LogP contribution is -2.34. The molecular formula is C20H24ClFN2O3. The predicted molar refractivity (Wildman–Crippen MR) is 104 cm³/mol. The molecule has 7 heteroatoms. The van der Waals surface area contributed by atoms with Crippen molar-refractivity contribution in [1.29, 1.82) is 0 Å². The van der Waals surface area contributed by atoms with E-state index < -0.39 is 0 Å². The fourth-order valence-electron chi connectivity index (χ4n) is 2.71. The van der Waals surface area contributed by atoms with Crippen molar-refractivity contribution in [2.75, 3.05) is 34.4 Å². The summed E-state index contributed by atoms with van der Waals surface area (Å²) in [7, 11) is 5.29. The van der Waals surface area contributed by atoms with Gasteiger partial charge in [-0.15, -0.1) is 0 Å². The average molecular weight is 395 g/mol. The van der Waals surface area contributed by atoms with E-state index in [4.69, 9.17) is 21.1 Å². The van der Waals surface area contributed by atoms with Crippen molar-refractivity contribution in [3.05, 3.63) is 58.4 Å². The highest BCUT2D eigenvalue weighted by molar-refractivity contribution is 6.32. The summed E-state index contributed by atoms with van der Waals surface area (Å²) in [5.41, 5.74) is 1.28. The lowest BCUT2D eigenvalue weighted by Gasteiger charge is -2.25. The summed E-state index contributed by atoms with van der Waals surface area (Å²) in [5, 5.41) is 3.20. The molecular weight excluding hydrogens is 371 g/mol. The third-order valence-corrected chi connectivity index (χ3v) is 4.40. The number of benzene rings is 2. The average Bonchev–Trinajstić information content (AvgIpc) is 2.64. The van der Waals surface area contributed by atoms with Crippen molar-refractivity contribution in [1.82, 2.24) is 10.2 Å². The molecule has 2 rings (SSSR count). The number of ether oxygens (including phenoxy) is 2. The molecule has 2 aromatic carbocycles. The molecule has 0 aliphatic carbocycles. The van der Waals surface area contributed by atoms with E-state index >= 15 is 0 Å². The third-order valence-electron chi connectivity index (χ3n) is 4.11. The molecule has 0 spiro atoms. The maximum Gasteiger partial charge on any atom is 0.251 e. The van der Waals surface area contributed by atoms with E-state index in [9.17, 15) is 9.18 Å². The fourth-order valence-corrected chi connectivity index (χ4v) is 2.98. The summed E-state index contributed by atoms with van der Waals surface area (Å²) in [6.07, 6.45) is 0. The highest BCUT2D eigenvalue weighted by atomic mass is 35.5. The Morgan fingerprint density at radius 2 is 1.93 bits per heavy atom. The summed E-state index contributed by atoms with van der Waals surface area (Å²) in [6.45, 7) is 2.63. The molecule has 0 aliphatic heterocycles. The van der Waals surface area contributed by atoms with Crippen LogP contribution in [0.5, 0.6) is 11.5 Å². The standard InChI is InChI=1S/C20H24ClFN2O3/c1-5-27-19-16(21)10-14(11-18(19)26-4)20(25)23-12-17(24(2)3)13-6-8-15(22)9-7-13/h6-11,17H,5,12H2,1-4H3,(H,23,25). The van der Waals surface area contributed by atoms with E-state index in [2.05, 4.69) is 5.32 Å². The van der Waals surface area contributed by atoms with Crippen LogP contribution in [0.15, 0.2) is 36.4 Å². The monoisotopic (exact) mass is 394 g/mol. The molecule has 0 radical (unpaired) electrons. The minimum Gasteiger partial charge on any atom is -0.493 e. The molecule has 146 valence electrons. The van der Waals surface area contributed by atoms with Gasteiger partial charge in [0, 0.05) is 12.1 Å². The molecule has 0 fully saturated rings. The Morgan fingerprint density at radius 1 is 1.26 bits per heavy atom. The number of carbonyl (C=O) groups excluding carboxylic acids is 1. The molecule has 5 nitrogen and oxygen atoms in total. The minimum atomic E-state index is -0.295. The molecule has 1 amide bonds. The minimum absolute atomic E-state index is 0.102. The molecule has 0 saturated carbocycles. The van der Waals surface area contributed by atoms with Crippen LogP contribution in [0.25, 0.3) is 0 Å². The molecule has 2 aromatic rings. The number of nitrogens with zero attached hydrogens (tertiary/aromatic N) is 1. The fraction of sp³-hybridized carbons (Fsp3) is 0.350. The Balaban J connectivity index is 2.16. The molecule has 1 atom stereocenters. The Kier molecular flexibility index (Phi) is 7.45. The van der Waals surface area contributed by atoms with Gasteiger partial charge in [0.25, 0.3) is 5.91 Å². The van der Waals surface area contributed by atoms with Crippen LogP contribution in [0.1, 0.15) is 28.9 Å². The van der Waals surface area contributed by atoms with E-state index in [1.54, 1.807) is 24.3 Å². The van der Waals surface area contributed by atoms with Gasteiger partial charge in [0.1, 0.15) is 5.82 Å². The number of nitrogens with one attached hydrogen (secondary N) is 1. The predicted octanol–water partition coefficient (Wildman–Crippen LogP) is 3.92. The molecule has 27 heavy (non-hydrogen) atoms. The molecule has 0 heterocycles. The second-order valence-electron chi connectivity index (χ2n) is 6.16. The Bertz CT molecular complexity index is 782. The number of hydrogen-bond acceptors (Lipinski definition) is 4. The number of amides is 1. The number of methoxy groups -OCH3 is 1. The van der Waals surface area contributed by atoms with Gasteiger partial charge in [-0.1, -0.05) is 23.7 Å². The maximum absolute atomic E-state index is 13.2. The smallest absolute Gasteiger partial charge is 0.251 e. The molecule has 0 bridgehead atoms. The van der Waals surface area contributed by atoms with Gasteiger partial charge in [-0.3, -0.25) is 4.79 Å². The first-order valence-corrected chi connectivity index (χ1v) is 8.95. The van der Waals surface area contributed by atoms with Gasteiger partial charge in [0.2, 0.25) is 0 Å². The first kappa shape index (κ1) is 21.0. The summed E-state index contributed by atoms with van der Waals surface area (Å²) in [4.78, 5) is 14.6. The van der Waals surface area contributed by atoms with Crippen LogP contribution in [0.2, 0.25) is 5.02 Å². The van der Waals surface area contributed by atoms with Crippen LogP contribution >= 0.6 is 11.6 Å². The first-order chi connectivity index (χ1) is 12.9. The van der Waals surface area contributed by atoms with Gasteiger partial charge in [0.05, 0.1) is 24.8 Å². The van der Waals surface area contributed by atoms with Gasteiger partial charge in [-0.2, -0.15) is 0 Å². The first-order valence-electron chi connectivity index (χ1n) is 8.57. The topological polar surface area (TPSA) is 50.8 Å². The van der Waals surface area contributed by atoms with E-state index in [1.807, 2.05) is 25.9 Å². The van der Waals surface area contributed by atoms with Crippen molar-refractivity contribution in [2.24, 2.45) is 0 Å². The lowest BCUT2D eigenvalue weighted by molar-refractivity contribution is 0.0941. The van der Waals surface area contributed by atoms with E-state index in [0.29, 0.717) is 35.2 Å². The number of likely N-dealkylation sites (N-methyl/N-ethyl adjacent to an activating group) is 1. The van der Waals surface area contributed by atoms with Gasteiger partial charge in [0.15, 0.2) is 11.5 Å². The molecule has 0 saturated heterocycles. The molecule has 0 aromatic heterocycles. The number of carbonyl (C=O) groups is 1. The van der Waals surface area contributed by atoms with Crippen molar-refractivity contribution >= 4 is 17.5 Å². The number of hydrogen-bond donors (Lipinski definition) is 1. The highest BCUT2D eigenvalue weighted by Gasteiger charge is 2.19. The number of halogens is 2. The van der Waals surface area contributed by atoms with Crippen molar-refractivity contribution in [3.8, 4) is 11.5 Å². The highest BCUT2D eigenvalue weighted by Crippen LogP contribution is 2.36. The molecule has 0 aliphatic rings. The normalized spacial score (nSPS) is 12.0. The van der Waals surface area contributed by atoms with Crippen LogP contribution in [0.4, 0.5) is 4.39 Å². The summed E-state index contributed by atoms with van der Waals surface area (Å²) < 4.78 is 23.9. The van der Waals surface area contributed by atoms with Gasteiger partial charge >= 0.3 is 0 Å². The van der Waals surface area contributed by atoms with Crippen molar-refractivity contribution in [3.63, 3.8) is 0 Å². The second-order valence-corrected chi connectivity index (χ2v) is 6.57. The van der Waals surface area contributed by atoms with Crippen LogP contribution < -0.4 is 14.8 Å². The van der Waals surface area contributed by atoms with Crippen LogP contribution in [-0.2, 0) is 0 Å². The van der Waals surface area contributed by atoms with E-state index in [0.717, 1.165) is 5.56 Å². The van der Waals surface area contributed by atoms with Crippen LogP contribution in [0.3, 0.4) is 0 Å². The lowest BCUT2D eigenvalue weighted by atomic mass is 10.1. The number of rotatable bonds is 8. The van der Waals surface area contributed by atoms with Gasteiger partial charge < -0.3 is 19.7 Å². The Morgan fingerprint density at radius 3 is 2.48 bits per heavy atom. The second kappa shape index (κ2) is 9.58. The van der Waals surface area contributed by atoms with Crippen molar-refractivity contribution < 1.29 is 18.7 Å². The summed E-state index contributed by atoms with van der Waals surface area (Å²) >= 11 is 6.23.